The van der Waals surface area contributed by atoms with Crippen molar-refractivity contribution < 1.29 is 19.1 Å². The number of amides is 2. The first-order valence-corrected chi connectivity index (χ1v) is 10.4. The van der Waals surface area contributed by atoms with Gasteiger partial charge in [-0.25, -0.2) is 0 Å². The van der Waals surface area contributed by atoms with Crippen LogP contribution >= 0.6 is 0 Å². The monoisotopic (exact) mass is 408 g/mol. The first-order valence-electron chi connectivity index (χ1n) is 10.4. The second-order valence-electron chi connectivity index (χ2n) is 8.09. The molecule has 1 aliphatic heterocycles. The van der Waals surface area contributed by atoms with Crippen LogP contribution in [0.5, 0.6) is 11.5 Å². The maximum Gasteiger partial charge on any atom is 0.254 e. The minimum atomic E-state index is -0.311. The van der Waals surface area contributed by atoms with Crippen LogP contribution in [0.15, 0.2) is 48.5 Å². The summed E-state index contributed by atoms with van der Waals surface area (Å²) >= 11 is 0. The number of rotatable bonds is 7. The summed E-state index contributed by atoms with van der Waals surface area (Å²) in [6.07, 6.45) is 2.36. The van der Waals surface area contributed by atoms with Crippen molar-refractivity contribution in [1.82, 2.24) is 10.2 Å². The van der Waals surface area contributed by atoms with Gasteiger partial charge in [0.2, 0.25) is 5.91 Å². The zero-order valence-corrected chi connectivity index (χ0v) is 17.5. The van der Waals surface area contributed by atoms with E-state index in [0.717, 1.165) is 17.9 Å². The molecule has 1 saturated carbocycles. The lowest BCUT2D eigenvalue weighted by molar-refractivity contribution is -0.125. The first kappa shape index (κ1) is 20.3. The molecule has 1 N–H and O–H groups in total. The highest BCUT2D eigenvalue weighted by atomic mass is 16.5. The van der Waals surface area contributed by atoms with E-state index >= 15 is 0 Å². The van der Waals surface area contributed by atoms with Crippen molar-refractivity contribution in [3.05, 3.63) is 59.7 Å². The van der Waals surface area contributed by atoms with E-state index in [4.69, 9.17) is 9.47 Å². The molecular formula is C24H28N2O4. The molecule has 0 radical (unpaired) electrons. The van der Waals surface area contributed by atoms with E-state index in [9.17, 15) is 9.59 Å². The standard InChI is InChI=1S/C24H28N2O4/c1-29-18-7-5-6-17(12-18)24(28)26-14-20(19-8-3-4-9-22(19)30-2)21(15-26)23(27)25-13-16-10-11-16/h3-9,12,16,20-21H,10-11,13-15H2,1-2H3,(H,25,27). The van der Waals surface area contributed by atoms with Gasteiger partial charge in [-0.3, -0.25) is 9.59 Å². The fourth-order valence-corrected chi connectivity index (χ4v) is 4.16. The Hall–Kier alpha value is -3.02. The molecule has 0 spiro atoms. The summed E-state index contributed by atoms with van der Waals surface area (Å²) in [4.78, 5) is 28.0. The average molecular weight is 408 g/mol. The average Bonchev–Trinajstić information content (AvgIpc) is 3.52. The van der Waals surface area contributed by atoms with Crippen molar-refractivity contribution in [2.75, 3.05) is 33.9 Å². The number of likely N-dealkylation sites (tertiary alicyclic amines) is 1. The van der Waals surface area contributed by atoms with Crippen molar-refractivity contribution >= 4 is 11.8 Å². The Labute approximate surface area is 177 Å². The van der Waals surface area contributed by atoms with Crippen molar-refractivity contribution in [3.63, 3.8) is 0 Å². The van der Waals surface area contributed by atoms with Crippen molar-refractivity contribution in [3.8, 4) is 11.5 Å². The summed E-state index contributed by atoms with van der Waals surface area (Å²) in [5.74, 6) is 1.49. The number of ether oxygens (including phenoxy) is 2. The SMILES string of the molecule is COc1cccc(C(=O)N2CC(C(=O)NCC3CC3)C(c3ccccc3OC)C2)c1. The first-order chi connectivity index (χ1) is 14.6. The Morgan fingerprint density at radius 3 is 2.57 bits per heavy atom. The second kappa shape index (κ2) is 8.78. The Kier molecular flexibility index (Phi) is 5.93. The number of nitrogens with zero attached hydrogens (tertiary/aromatic N) is 1. The summed E-state index contributed by atoms with van der Waals surface area (Å²) in [5.41, 5.74) is 1.53. The van der Waals surface area contributed by atoms with Crippen molar-refractivity contribution in [1.29, 1.82) is 0 Å². The van der Waals surface area contributed by atoms with Gasteiger partial charge in [-0.05, 0) is 48.6 Å². The Morgan fingerprint density at radius 2 is 1.83 bits per heavy atom. The molecule has 0 bridgehead atoms. The molecule has 2 aromatic rings. The predicted molar refractivity (Wildman–Crippen MR) is 114 cm³/mol. The molecule has 158 valence electrons. The Morgan fingerprint density at radius 1 is 1.03 bits per heavy atom. The predicted octanol–water partition coefficient (Wildman–Crippen LogP) is 3.09. The zero-order chi connectivity index (χ0) is 21.1. The molecule has 6 heteroatoms. The Balaban J connectivity index is 1.59. The highest BCUT2D eigenvalue weighted by Crippen LogP contribution is 2.38. The van der Waals surface area contributed by atoms with Gasteiger partial charge in [-0.15, -0.1) is 0 Å². The highest BCUT2D eigenvalue weighted by Gasteiger charge is 2.42. The van der Waals surface area contributed by atoms with Crippen LogP contribution in [-0.4, -0.2) is 50.6 Å². The number of benzene rings is 2. The molecule has 1 saturated heterocycles. The quantitative estimate of drug-likeness (QED) is 0.765. The van der Waals surface area contributed by atoms with E-state index in [0.29, 0.717) is 30.3 Å². The lowest BCUT2D eigenvalue weighted by Crippen LogP contribution is -2.36. The number of methoxy groups -OCH3 is 2. The molecule has 1 heterocycles. The van der Waals surface area contributed by atoms with Crippen LogP contribution in [0.4, 0.5) is 0 Å². The molecule has 2 aromatic carbocycles. The lowest BCUT2D eigenvalue weighted by Gasteiger charge is -2.20. The van der Waals surface area contributed by atoms with E-state index in [1.807, 2.05) is 30.3 Å². The lowest BCUT2D eigenvalue weighted by atomic mass is 9.87. The topological polar surface area (TPSA) is 67.9 Å². The summed E-state index contributed by atoms with van der Waals surface area (Å²) in [6, 6.07) is 14.9. The van der Waals surface area contributed by atoms with Gasteiger partial charge in [0.25, 0.3) is 5.91 Å². The van der Waals surface area contributed by atoms with Crippen LogP contribution in [0.3, 0.4) is 0 Å². The third kappa shape index (κ3) is 4.27. The van der Waals surface area contributed by atoms with E-state index < -0.39 is 0 Å². The molecule has 2 aliphatic rings. The largest absolute Gasteiger partial charge is 0.497 e. The van der Waals surface area contributed by atoms with Crippen molar-refractivity contribution in [2.24, 2.45) is 11.8 Å². The summed E-state index contributed by atoms with van der Waals surface area (Å²) in [7, 11) is 3.21. The molecule has 2 amide bonds. The molecule has 1 aliphatic carbocycles. The van der Waals surface area contributed by atoms with Crippen LogP contribution in [0.1, 0.15) is 34.7 Å². The van der Waals surface area contributed by atoms with Gasteiger partial charge in [-0.2, -0.15) is 0 Å². The molecule has 2 atom stereocenters. The molecule has 4 rings (SSSR count). The summed E-state index contributed by atoms with van der Waals surface area (Å²) < 4.78 is 10.8. The highest BCUT2D eigenvalue weighted by molar-refractivity contribution is 5.95. The van der Waals surface area contributed by atoms with E-state index in [1.165, 1.54) is 12.8 Å². The van der Waals surface area contributed by atoms with E-state index in [2.05, 4.69) is 5.32 Å². The maximum absolute atomic E-state index is 13.2. The van der Waals surface area contributed by atoms with E-state index in [-0.39, 0.29) is 23.7 Å². The minimum Gasteiger partial charge on any atom is -0.497 e. The van der Waals surface area contributed by atoms with Crippen LogP contribution in [-0.2, 0) is 4.79 Å². The smallest absolute Gasteiger partial charge is 0.254 e. The number of para-hydroxylation sites is 1. The van der Waals surface area contributed by atoms with Gasteiger partial charge in [-0.1, -0.05) is 24.3 Å². The number of hydrogen-bond donors (Lipinski definition) is 1. The van der Waals surface area contributed by atoms with Gasteiger partial charge in [0.05, 0.1) is 20.1 Å². The summed E-state index contributed by atoms with van der Waals surface area (Å²) in [5, 5.41) is 3.10. The number of carbonyl (C=O) groups is 2. The number of carbonyl (C=O) groups excluding carboxylic acids is 2. The third-order valence-corrected chi connectivity index (χ3v) is 6.06. The Bertz CT molecular complexity index is 925. The number of hydrogen-bond acceptors (Lipinski definition) is 4. The molecule has 6 nitrogen and oxygen atoms in total. The molecular weight excluding hydrogens is 380 g/mol. The van der Waals surface area contributed by atoms with Crippen molar-refractivity contribution in [2.45, 2.75) is 18.8 Å². The van der Waals surface area contributed by atoms with Crippen LogP contribution < -0.4 is 14.8 Å². The third-order valence-electron chi connectivity index (χ3n) is 6.06. The molecule has 2 fully saturated rings. The van der Waals surface area contributed by atoms with Gasteiger partial charge in [0.15, 0.2) is 0 Å². The van der Waals surface area contributed by atoms with Gasteiger partial charge in [0.1, 0.15) is 11.5 Å². The van der Waals surface area contributed by atoms with Crippen LogP contribution in [0.25, 0.3) is 0 Å². The molecule has 0 aromatic heterocycles. The summed E-state index contributed by atoms with van der Waals surface area (Å²) in [6.45, 7) is 1.57. The fraction of sp³-hybridized carbons (Fsp3) is 0.417. The van der Waals surface area contributed by atoms with Gasteiger partial charge < -0.3 is 19.7 Å². The number of nitrogens with one attached hydrogen (secondary N) is 1. The van der Waals surface area contributed by atoms with Crippen LogP contribution in [0, 0.1) is 11.8 Å². The van der Waals surface area contributed by atoms with Crippen LogP contribution in [0.2, 0.25) is 0 Å². The second-order valence-corrected chi connectivity index (χ2v) is 8.09. The van der Waals surface area contributed by atoms with Gasteiger partial charge >= 0.3 is 0 Å². The zero-order valence-electron chi connectivity index (χ0n) is 17.5. The maximum atomic E-state index is 13.2. The molecule has 2 unspecified atom stereocenters. The fourth-order valence-electron chi connectivity index (χ4n) is 4.16. The van der Waals surface area contributed by atoms with Gasteiger partial charge in [0, 0.05) is 31.1 Å². The normalized spacial score (nSPS) is 20.7. The minimum absolute atomic E-state index is 0.0127. The molecule has 30 heavy (non-hydrogen) atoms. The van der Waals surface area contributed by atoms with E-state index in [1.54, 1.807) is 37.3 Å².